The van der Waals surface area contributed by atoms with E-state index in [2.05, 4.69) is 49.1 Å². The van der Waals surface area contributed by atoms with E-state index in [0.29, 0.717) is 11.6 Å². The molecule has 3 nitrogen and oxygen atoms in total. The van der Waals surface area contributed by atoms with Crippen molar-refractivity contribution in [2.75, 3.05) is 6.61 Å². The van der Waals surface area contributed by atoms with Gasteiger partial charge in [-0.05, 0) is 67.7 Å². The number of allylic oxidation sites excluding steroid dienone is 6. The van der Waals surface area contributed by atoms with Crippen LogP contribution in [-0.4, -0.2) is 28.9 Å². The Balaban J connectivity index is 1.95. The maximum atomic E-state index is 12.5. The lowest BCUT2D eigenvalue weighted by Gasteiger charge is -2.43. The van der Waals surface area contributed by atoms with E-state index in [4.69, 9.17) is 0 Å². The van der Waals surface area contributed by atoms with Crippen LogP contribution in [0.4, 0.5) is 0 Å². The third kappa shape index (κ3) is 3.42. The lowest BCUT2D eigenvalue weighted by molar-refractivity contribution is -0.129. The van der Waals surface area contributed by atoms with Crippen molar-refractivity contribution in [1.29, 1.82) is 0 Å². The topological polar surface area (TPSA) is 54.4 Å². The second-order valence-corrected chi connectivity index (χ2v) is 10.1. The summed E-state index contributed by atoms with van der Waals surface area (Å²) in [6.07, 6.45) is 11.8. The van der Waals surface area contributed by atoms with E-state index < -0.39 is 0 Å². The number of fused-ring (bicyclic) bond motifs is 1. The summed E-state index contributed by atoms with van der Waals surface area (Å²) in [5.74, 6) is 0.707. The van der Waals surface area contributed by atoms with Crippen LogP contribution >= 0.6 is 9.24 Å². The predicted molar refractivity (Wildman–Crippen MR) is 112 cm³/mol. The minimum Gasteiger partial charge on any atom is -0.389 e. The zero-order valence-corrected chi connectivity index (χ0v) is 18.2. The van der Waals surface area contributed by atoms with Gasteiger partial charge in [-0.1, -0.05) is 44.1 Å². The first-order valence-electron chi connectivity index (χ1n) is 10.2. The Labute approximate surface area is 165 Å². The van der Waals surface area contributed by atoms with Gasteiger partial charge >= 0.3 is 0 Å². The molecule has 3 rings (SSSR count). The molecule has 2 fully saturated rings. The first-order valence-corrected chi connectivity index (χ1v) is 10.8. The summed E-state index contributed by atoms with van der Waals surface area (Å²) in [5.41, 5.74) is 2.60. The third-order valence-corrected chi connectivity index (χ3v) is 8.59. The fraction of sp³-hybridized carbons (Fsp3) is 0.652. The minimum atomic E-state index is -0.371. The molecule has 27 heavy (non-hydrogen) atoms. The highest BCUT2D eigenvalue weighted by molar-refractivity contribution is 7.17. The molecule has 0 saturated heterocycles. The van der Waals surface area contributed by atoms with Gasteiger partial charge in [0.05, 0.1) is 0 Å². The highest BCUT2D eigenvalue weighted by Gasteiger charge is 2.51. The Hall–Kier alpha value is -1.05. The fourth-order valence-corrected chi connectivity index (χ4v) is 6.64. The van der Waals surface area contributed by atoms with Gasteiger partial charge in [0.2, 0.25) is 0 Å². The molecule has 2 saturated carbocycles. The van der Waals surface area contributed by atoms with Crippen LogP contribution in [0.3, 0.4) is 0 Å². The number of hydrogen-bond acceptors (Lipinski definition) is 3. The molecule has 0 radical (unpaired) electrons. The van der Waals surface area contributed by atoms with Crippen molar-refractivity contribution in [2.45, 2.75) is 59.0 Å². The summed E-state index contributed by atoms with van der Waals surface area (Å²) >= 11 is 0. The van der Waals surface area contributed by atoms with Crippen molar-refractivity contribution < 1.29 is 14.7 Å². The van der Waals surface area contributed by atoms with Gasteiger partial charge < -0.3 is 5.11 Å². The van der Waals surface area contributed by atoms with Crippen molar-refractivity contribution >= 4 is 20.8 Å². The summed E-state index contributed by atoms with van der Waals surface area (Å²) < 4.78 is 0. The maximum absolute atomic E-state index is 12.5. The minimum absolute atomic E-state index is 0.0278. The lowest BCUT2D eigenvalue weighted by atomic mass is 9.61. The summed E-state index contributed by atoms with van der Waals surface area (Å²) in [6, 6.07) is 0. The molecule has 3 aliphatic rings. The molecule has 0 aromatic carbocycles. The fourth-order valence-electron chi connectivity index (χ4n) is 5.87. The number of carbonyl (C=O) groups excluding carboxylic acids is 2. The molecule has 3 aliphatic carbocycles. The maximum Gasteiger partial charge on any atom is 0.178 e. The molecule has 4 heteroatoms. The molecule has 7 atom stereocenters. The number of carbonyl (C=O) groups is 2. The lowest BCUT2D eigenvalue weighted by Crippen LogP contribution is -2.37. The van der Waals surface area contributed by atoms with Crippen molar-refractivity contribution in [3.05, 3.63) is 35.5 Å². The van der Waals surface area contributed by atoms with Crippen LogP contribution in [0.25, 0.3) is 0 Å². The Morgan fingerprint density at radius 2 is 2.07 bits per heavy atom. The Kier molecular flexibility index (Phi) is 5.67. The van der Waals surface area contributed by atoms with Crippen LogP contribution in [0.15, 0.2) is 35.5 Å². The molecule has 1 N–H and O–H groups in total. The summed E-state index contributed by atoms with van der Waals surface area (Å²) in [6.45, 7) is 8.46. The second kappa shape index (κ2) is 7.41. The molecule has 0 aromatic rings. The molecule has 0 aromatic heterocycles. The molecular weight excluding hydrogens is 355 g/mol. The Morgan fingerprint density at radius 1 is 1.37 bits per heavy atom. The largest absolute Gasteiger partial charge is 0.389 e. The molecule has 2 unspecified atom stereocenters. The van der Waals surface area contributed by atoms with Gasteiger partial charge in [-0.2, -0.15) is 0 Å². The summed E-state index contributed by atoms with van der Waals surface area (Å²) in [7, 11) is 2.95. The van der Waals surface area contributed by atoms with E-state index in [1.165, 1.54) is 11.1 Å². The molecular formula is C23H33O3P. The molecule has 0 aliphatic heterocycles. The van der Waals surface area contributed by atoms with Crippen molar-refractivity contribution in [3.8, 4) is 0 Å². The van der Waals surface area contributed by atoms with Gasteiger partial charge in [0, 0.05) is 11.3 Å². The first kappa shape index (κ1) is 20.7. The molecule has 148 valence electrons. The van der Waals surface area contributed by atoms with Crippen molar-refractivity contribution in [3.63, 3.8) is 0 Å². The van der Waals surface area contributed by atoms with Gasteiger partial charge in [-0.3, -0.25) is 9.59 Å². The number of aliphatic hydroxyl groups excluding tert-OH is 1. The smallest absolute Gasteiger partial charge is 0.178 e. The van der Waals surface area contributed by atoms with Crippen LogP contribution < -0.4 is 0 Å². The van der Waals surface area contributed by atoms with Crippen LogP contribution in [0, 0.1) is 28.6 Å². The van der Waals surface area contributed by atoms with E-state index in [-0.39, 0.29) is 40.8 Å². The normalized spacial score (nSPS) is 43.0. The zero-order valence-electron chi connectivity index (χ0n) is 17.0. The van der Waals surface area contributed by atoms with Crippen LogP contribution in [0.1, 0.15) is 53.4 Å². The average molecular weight is 388 g/mol. The predicted octanol–water partition coefficient (Wildman–Crippen LogP) is 4.27. The Bertz CT molecular complexity index is 734. The number of ketones is 2. The van der Waals surface area contributed by atoms with Gasteiger partial charge in [0.1, 0.15) is 6.61 Å². The summed E-state index contributed by atoms with van der Waals surface area (Å²) in [5, 5.41) is 9.49. The Morgan fingerprint density at radius 3 is 2.74 bits per heavy atom. The van der Waals surface area contributed by atoms with E-state index in [0.717, 1.165) is 25.7 Å². The highest BCUT2D eigenvalue weighted by Crippen LogP contribution is 2.55. The SMILES string of the molecule is C[C@@H]1CC(P)[C@](C)(C/C=C2\[C@@H](C)CCC3=CC(=O)C=C[C@@]32C)[C@H]1C(=O)CO. The van der Waals surface area contributed by atoms with E-state index >= 15 is 0 Å². The number of hydrogen-bond donors (Lipinski definition) is 1. The summed E-state index contributed by atoms with van der Waals surface area (Å²) in [4.78, 5) is 24.3. The number of aliphatic hydroxyl groups is 1. The standard InChI is InChI=1S/C23H33O3P/c1-14-5-6-16-12-17(25)7-9-22(16,3)18(14)8-10-23(4)20(27)11-15(2)21(23)19(26)13-24/h7-9,12,14-15,20-21,24H,5-6,10-11,13,27H2,1-4H3/b18-8+/t14-,15+,20?,21+,22-,23-/m0/s1. The molecule has 0 spiro atoms. The van der Waals surface area contributed by atoms with Gasteiger partial charge in [-0.15, -0.1) is 9.24 Å². The second-order valence-electron chi connectivity index (χ2n) is 9.34. The highest BCUT2D eigenvalue weighted by atomic mass is 31.0. The molecule has 0 heterocycles. The monoisotopic (exact) mass is 388 g/mol. The van der Waals surface area contributed by atoms with Gasteiger partial charge in [0.15, 0.2) is 11.6 Å². The van der Waals surface area contributed by atoms with Gasteiger partial charge in [-0.25, -0.2) is 0 Å². The average Bonchev–Trinajstić information content (AvgIpc) is 2.83. The van der Waals surface area contributed by atoms with E-state index in [1.807, 2.05) is 6.08 Å². The van der Waals surface area contributed by atoms with Crippen LogP contribution in [-0.2, 0) is 9.59 Å². The van der Waals surface area contributed by atoms with Crippen molar-refractivity contribution in [2.24, 2.45) is 28.6 Å². The number of rotatable bonds is 4. The van der Waals surface area contributed by atoms with Crippen LogP contribution in [0.2, 0.25) is 0 Å². The van der Waals surface area contributed by atoms with E-state index in [9.17, 15) is 14.7 Å². The quantitative estimate of drug-likeness (QED) is 0.578. The van der Waals surface area contributed by atoms with Gasteiger partial charge in [0.25, 0.3) is 0 Å². The number of Topliss-reactive ketones (excluding diaryl/α,β-unsaturated/α-hetero) is 1. The first-order chi connectivity index (χ1) is 12.6. The molecule has 0 amide bonds. The van der Waals surface area contributed by atoms with E-state index in [1.54, 1.807) is 6.08 Å². The zero-order chi connectivity index (χ0) is 20.0. The van der Waals surface area contributed by atoms with Crippen LogP contribution in [0.5, 0.6) is 0 Å². The molecule has 0 bridgehead atoms. The van der Waals surface area contributed by atoms with Crippen molar-refractivity contribution in [1.82, 2.24) is 0 Å². The third-order valence-electron chi connectivity index (χ3n) is 7.56.